The highest BCUT2D eigenvalue weighted by Gasteiger charge is 2.22. The van der Waals surface area contributed by atoms with Gasteiger partial charge in [0.2, 0.25) is 5.75 Å². The average molecular weight is 521 g/mol. The molecule has 0 aliphatic heterocycles. The van der Waals surface area contributed by atoms with E-state index in [9.17, 15) is 9.90 Å². The van der Waals surface area contributed by atoms with Crippen molar-refractivity contribution in [3.63, 3.8) is 0 Å². The Bertz CT molecular complexity index is 1390. The first kappa shape index (κ1) is 26.3. The number of anilines is 1. The van der Waals surface area contributed by atoms with Gasteiger partial charge in [0.25, 0.3) is 5.91 Å². The second-order valence-electron chi connectivity index (χ2n) is 8.41. The fourth-order valence-corrected chi connectivity index (χ4v) is 4.05. The topological polar surface area (TPSA) is 155 Å². The predicted molar refractivity (Wildman–Crippen MR) is 141 cm³/mol. The van der Waals surface area contributed by atoms with Crippen molar-refractivity contribution in [1.82, 2.24) is 15.4 Å². The Morgan fingerprint density at radius 2 is 1.47 bits per heavy atom. The quantitative estimate of drug-likeness (QED) is 0.249. The van der Waals surface area contributed by atoms with Gasteiger partial charge in [0.05, 0.1) is 34.1 Å². The van der Waals surface area contributed by atoms with E-state index in [0.29, 0.717) is 57.6 Å². The number of aromatic nitrogens is 3. The normalized spacial score (nSPS) is 11.5. The van der Waals surface area contributed by atoms with Gasteiger partial charge in [-0.15, -0.1) is 0 Å². The van der Waals surface area contributed by atoms with Gasteiger partial charge in [0, 0.05) is 17.5 Å². The molecule has 38 heavy (non-hydrogen) atoms. The fraction of sp³-hybridized carbons (Fsp3) is 0.222. The maximum Gasteiger partial charge on any atom is 0.282 e. The minimum atomic E-state index is -0.574. The van der Waals surface area contributed by atoms with Crippen LogP contribution in [0.5, 0.6) is 28.7 Å². The number of amides is 1. The Kier molecular flexibility index (Phi) is 7.97. The van der Waals surface area contributed by atoms with Gasteiger partial charge in [-0.2, -0.15) is 15.4 Å². The number of H-pyrrole nitrogens is 1. The number of nitrogens with zero attached hydrogens (tertiary/aromatic N) is 2. The second kappa shape index (κ2) is 11.5. The van der Waals surface area contributed by atoms with Gasteiger partial charge in [-0.25, -0.2) is 0 Å². The van der Waals surface area contributed by atoms with Crippen molar-refractivity contribution in [3.8, 4) is 51.3 Å². The molecule has 0 aliphatic rings. The van der Waals surface area contributed by atoms with E-state index in [0.717, 1.165) is 5.56 Å². The summed E-state index contributed by atoms with van der Waals surface area (Å²) in [7, 11) is 6.15. The predicted octanol–water partition coefficient (Wildman–Crippen LogP) is 2.67. The first-order valence-corrected chi connectivity index (χ1v) is 11.7. The maximum atomic E-state index is 13.0. The monoisotopic (exact) mass is 520 g/mol. The number of aromatic amines is 1. The number of methoxy groups -OCH3 is 4. The van der Waals surface area contributed by atoms with Gasteiger partial charge in [0.1, 0.15) is 22.9 Å². The molecule has 1 heterocycles. The average Bonchev–Trinajstić information content (AvgIpc) is 3.43. The summed E-state index contributed by atoms with van der Waals surface area (Å²) in [5.41, 5.74) is 7.84. The number of nitrogens with one attached hydrogen (secondary N) is 2. The minimum absolute atomic E-state index is 0.166. The molecule has 4 aromatic rings. The smallest absolute Gasteiger partial charge is 0.282 e. The molecule has 1 amide bonds. The highest BCUT2D eigenvalue weighted by Crippen LogP contribution is 2.42. The van der Waals surface area contributed by atoms with E-state index in [-0.39, 0.29) is 11.7 Å². The van der Waals surface area contributed by atoms with Crippen molar-refractivity contribution in [1.29, 1.82) is 0 Å². The third-order valence-electron chi connectivity index (χ3n) is 6.01. The van der Waals surface area contributed by atoms with Gasteiger partial charge in [-0.05, 0) is 48.0 Å². The Morgan fingerprint density at radius 1 is 0.868 bits per heavy atom. The first-order chi connectivity index (χ1) is 18.4. The van der Waals surface area contributed by atoms with Gasteiger partial charge in [-0.1, -0.05) is 12.1 Å². The number of benzene rings is 3. The van der Waals surface area contributed by atoms with Crippen LogP contribution in [0.25, 0.3) is 22.5 Å². The van der Waals surface area contributed by atoms with Gasteiger partial charge < -0.3 is 35.1 Å². The van der Waals surface area contributed by atoms with Crippen LogP contribution < -0.4 is 30.0 Å². The third-order valence-corrected chi connectivity index (χ3v) is 6.01. The number of quaternary nitrogens is 1. The lowest BCUT2D eigenvalue weighted by Crippen LogP contribution is -2.67. The molecule has 0 aliphatic carbocycles. The van der Waals surface area contributed by atoms with Gasteiger partial charge >= 0.3 is 0 Å². The van der Waals surface area contributed by atoms with Crippen LogP contribution in [-0.4, -0.2) is 60.9 Å². The Morgan fingerprint density at radius 3 is 2.05 bits per heavy atom. The summed E-state index contributed by atoms with van der Waals surface area (Å²) in [6.45, 7) is 0. The molecule has 11 heteroatoms. The van der Waals surface area contributed by atoms with E-state index in [4.69, 9.17) is 18.9 Å². The Hall–Kier alpha value is -4.77. The van der Waals surface area contributed by atoms with Gasteiger partial charge in [0.15, 0.2) is 17.5 Å². The summed E-state index contributed by atoms with van der Waals surface area (Å²) in [5, 5.41) is 23.8. The lowest BCUT2D eigenvalue weighted by atomic mass is 10.0. The number of carbonyl (C=O) groups excluding carboxylic acids is 1. The Balaban J connectivity index is 1.64. The molecule has 1 atom stereocenters. The van der Waals surface area contributed by atoms with E-state index < -0.39 is 6.04 Å². The number of aromatic hydroxyl groups is 1. The second-order valence-corrected chi connectivity index (χ2v) is 8.41. The summed E-state index contributed by atoms with van der Waals surface area (Å²) in [5.74, 6) is 1.80. The molecule has 0 saturated carbocycles. The molecule has 11 nitrogen and oxygen atoms in total. The number of hydrogen-bond donors (Lipinski definition) is 4. The summed E-state index contributed by atoms with van der Waals surface area (Å²) in [4.78, 5) is 13.0. The number of rotatable bonds is 10. The van der Waals surface area contributed by atoms with Crippen molar-refractivity contribution in [3.05, 3.63) is 60.2 Å². The van der Waals surface area contributed by atoms with Gasteiger partial charge in [-0.3, -0.25) is 4.79 Å². The molecule has 0 fully saturated rings. The SMILES string of the molecule is COc1ccc(-c2n[nH]nc2-c2cc(OC)c(OC)c(OC)c2)cc1NC(=O)C([NH3+])Cc1ccc(O)cc1. The van der Waals surface area contributed by atoms with Crippen LogP contribution in [0, 0.1) is 0 Å². The third kappa shape index (κ3) is 5.47. The standard InChI is InChI=1S/C27H29N5O6/c1-35-21-10-7-16(12-20(21)29-27(34)19(28)11-15-5-8-18(33)9-6-15)24-25(31-32-30-24)17-13-22(36-2)26(38-4)23(14-17)37-3/h5-10,12-14,19,33H,11,28H2,1-4H3,(H,29,34)(H,30,31,32)/p+1. The lowest BCUT2D eigenvalue weighted by Gasteiger charge is -2.15. The number of carbonyl (C=O) groups is 1. The molecular formula is C27H30N5O6+. The van der Waals surface area contributed by atoms with E-state index in [1.807, 2.05) is 6.07 Å². The molecule has 0 bridgehead atoms. The highest BCUT2D eigenvalue weighted by molar-refractivity contribution is 5.96. The molecule has 3 aromatic carbocycles. The molecule has 4 rings (SSSR count). The van der Waals surface area contributed by atoms with Crippen LogP contribution in [0.3, 0.4) is 0 Å². The van der Waals surface area contributed by atoms with Crippen molar-refractivity contribution in [2.24, 2.45) is 0 Å². The van der Waals surface area contributed by atoms with E-state index in [1.165, 1.54) is 14.2 Å². The van der Waals surface area contributed by atoms with Crippen molar-refractivity contribution in [2.75, 3.05) is 33.8 Å². The number of ether oxygens (including phenoxy) is 4. The summed E-state index contributed by atoms with van der Waals surface area (Å²) >= 11 is 0. The van der Waals surface area contributed by atoms with Crippen LogP contribution >= 0.6 is 0 Å². The highest BCUT2D eigenvalue weighted by atomic mass is 16.5. The molecule has 0 radical (unpaired) electrons. The zero-order valence-corrected chi connectivity index (χ0v) is 21.6. The van der Waals surface area contributed by atoms with Crippen LogP contribution in [-0.2, 0) is 11.2 Å². The molecular weight excluding hydrogens is 490 g/mol. The van der Waals surface area contributed by atoms with E-state index >= 15 is 0 Å². The zero-order valence-electron chi connectivity index (χ0n) is 21.6. The Labute approximate surface area is 219 Å². The number of phenolic OH excluding ortho intramolecular Hbond substituents is 1. The first-order valence-electron chi connectivity index (χ1n) is 11.7. The zero-order chi connectivity index (χ0) is 27.2. The molecule has 1 unspecified atom stereocenters. The molecule has 0 spiro atoms. The van der Waals surface area contributed by atoms with Crippen molar-refractivity contribution in [2.45, 2.75) is 12.5 Å². The van der Waals surface area contributed by atoms with E-state index in [1.54, 1.807) is 62.8 Å². The minimum Gasteiger partial charge on any atom is -0.508 e. The maximum absolute atomic E-state index is 13.0. The summed E-state index contributed by atoms with van der Waals surface area (Å²) in [6, 6.07) is 15.0. The number of hydrogen-bond acceptors (Lipinski definition) is 8. The molecule has 0 saturated heterocycles. The van der Waals surface area contributed by atoms with E-state index in [2.05, 4.69) is 26.5 Å². The fourth-order valence-electron chi connectivity index (χ4n) is 4.05. The lowest BCUT2D eigenvalue weighted by molar-refractivity contribution is -0.402. The van der Waals surface area contributed by atoms with Crippen LogP contribution in [0.15, 0.2) is 54.6 Å². The van der Waals surface area contributed by atoms with Crippen LogP contribution in [0.2, 0.25) is 0 Å². The summed E-state index contributed by atoms with van der Waals surface area (Å²) in [6.07, 6.45) is 0.405. The molecule has 198 valence electrons. The van der Waals surface area contributed by atoms with Crippen LogP contribution in [0.1, 0.15) is 5.56 Å². The molecule has 1 aromatic heterocycles. The largest absolute Gasteiger partial charge is 0.508 e. The van der Waals surface area contributed by atoms with Crippen molar-refractivity contribution >= 4 is 11.6 Å². The van der Waals surface area contributed by atoms with Crippen molar-refractivity contribution < 1.29 is 34.6 Å². The van der Waals surface area contributed by atoms with Crippen LogP contribution in [0.4, 0.5) is 5.69 Å². The molecule has 6 N–H and O–H groups in total. The number of phenols is 1. The summed E-state index contributed by atoms with van der Waals surface area (Å²) < 4.78 is 21.9.